The highest BCUT2D eigenvalue weighted by Crippen LogP contribution is 2.27. The van der Waals surface area contributed by atoms with Gasteiger partial charge in [0.2, 0.25) is 5.91 Å². The van der Waals surface area contributed by atoms with Crippen molar-refractivity contribution in [2.45, 2.75) is 51.6 Å². The van der Waals surface area contributed by atoms with Gasteiger partial charge < -0.3 is 15.5 Å². The molecule has 2 N–H and O–H groups in total. The maximum absolute atomic E-state index is 13.5. The van der Waals surface area contributed by atoms with Crippen LogP contribution in [-0.4, -0.2) is 42.4 Å². The zero-order valence-corrected chi connectivity index (χ0v) is 17.4. The van der Waals surface area contributed by atoms with Gasteiger partial charge in [0.05, 0.1) is 6.54 Å². The van der Waals surface area contributed by atoms with Crippen LogP contribution < -0.4 is 10.6 Å². The first-order valence-corrected chi connectivity index (χ1v) is 10.6. The van der Waals surface area contributed by atoms with E-state index in [1.54, 1.807) is 0 Å². The third kappa shape index (κ3) is 5.67. The molecule has 7 heteroatoms. The van der Waals surface area contributed by atoms with Crippen LogP contribution in [-0.2, 0) is 11.3 Å². The van der Waals surface area contributed by atoms with Gasteiger partial charge >= 0.3 is 0 Å². The number of carbonyl (C=O) groups is 1. The van der Waals surface area contributed by atoms with Gasteiger partial charge in [-0.2, -0.15) is 0 Å². The number of carbonyl (C=O) groups excluding carboxylic acids is 1. The number of hydrogen-bond acceptors (Lipinski definition) is 2. The maximum atomic E-state index is 13.5. The van der Waals surface area contributed by atoms with E-state index in [9.17, 15) is 9.18 Å². The van der Waals surface area contributed by atoms with Crippen molar-refractivity contribution in [1.29, 1.82) is 0 Å². The standard InChI is InChI=1S/C20H28BrFN4O/c1-2-23-20(24-12-14-9-16(21)11-17(22)10-14)25-18-7-8-26(13-18)19(27)15-5-3-4-6-15/h9-11,15,18H,2-8,12-13H2,1H3,(H2,23,24,25). The van der Waals surface area contributed by atoms with Gasteiger partial charge in [-0.15, -0.1) is 0 Å². The van der Waals surface area contributed by atoms with Gasteiger partial charge in [-0.3, -0.25) is 4.79 Å². The molecular weight excluding hydrogens is 411 g/mol. The molecule has 1 unspecified atom stereocenters. The predicted molar refractivity (Wildman–Crippen MR) is 109 cm³/mol. The molecule has 0 spiro atoms. The Kier molecular flexibility index (Phi) is 7.10. The molecule has 1 atom stereocenters. The summed E-state index contributed by atoms with van der Waals surface area (Å²) in [5.41, 5.74) is 0.809. The second-order valence-electron chi connectivity index (χ2n) is 7.37. The van der Waals surface area contributed by atoms with Gasteiger partial charge in [-0.25, -0.2) is 9.38 Å². The molecule has 0 bridgehead atoms. The summed E-state index contributed by atoms with van der Waals surface area (Å²) in [6.45, 7) is 4.69. The van der Waals surface area contributed by atoms with Crippen LogP contribution in [0, 0.1) is 11.7 Å². The lowest BCUT2D eigenvalue weighted by molar-refractivity contribution is -0.134. The summed E-state index contributed by atoms with van der Waals surface area (Å²) in [5.74, 6) is 0.989. The van der Waals surface area contributed by atoms with Crippen LogP contribution in [0.3, 0.4) is 0 Å². The first-order chi connectivity index (χ1) is 13.0. The summed E-state index contributed by atoms with van der Waals surface area (Å²) in [5, 5.41) is 6.67. The van der Waals surface area contributed by atoms with Crippen molar-refractivity contribution in [3.05, 3.63) is 34.1 Å². The molecule has 2 fully saturated rings. The van der Waals surface area contributed by atoms with Gasteiger partial charge in [0.25, 0.3) is 0 Å². The van der Waals surface area contributed by atoms with Crippen LogP contribution in [0.25, 0.3) is 0 Å². The van der Waals surface area contributed by atoms with Crippen LogP contribution in [0.2, 0.25) is 0 Å². The lowest BCUT2D eigenvalue weighted by Gasteiger charge is -2.21. The summed E-state index contributed by atoms with van der Waals surface area (Å²) >= 11 is 3.31. The summed E-state index contributed by atoms with van der Waals surface area (Å²) < 4.78 is 14.2. The van der Waals surface area contributed by atoms with Crippen molar-refractivity contribution in [3.8, 4) is 0 Å². The number of benzene rings is 1. The molecule has 1 heterocycles. The van der Waals surface area contributed by atoms with Gasteiger partial charge in [-0.1, -0.05) is 28.8 Å². The van der Waals surface area contributed by atoms with Gasteiger partial charge in [0.1, 0.15) is 5.82 Å². The van der Waals surface area contributed by atoms with Crippen molar-refractivity contribution in [2.75, 3.05) is 19.6 Å². The van der Waals surface area contributed by atoms with Crippen LogP contribution >= 0.6 is 15.9 Å². The number of amides is 1. The van der Waals surface area contributed by atoms with E-state index >= 15 is 0 Å². The lowest BCUT2D eigenvalue weighted by atomic mass is 10.1. The van der Waals surface area contributed by atoms with E-state index in [4.69, 9.17) is 0 Å². The van der Waals surface area contributed by atoms with E-state index < -0.39 is 0 Å². The second-order valence-corrected chi connectivity index (χ2v) is 8.28. The number of hydrogen-bond donors (Lipinski definition) is 2. The minimum absolute atomic E-state index is 0.201. The molecule has 5 nitrogen and oxygen atoms in total. The molecule has 1 aromatic rings. The van der Waals surface area contributed by atoms with E-state index in [-0.39, 0.29) is 17.8 Å². The van der Waals surface area contributed by atoms with E-state index in [0.29, 0.717) is 22.9 Å². The molecule has 27 heavy (non-hydrogen) atoms. The zero-order valence-electron chi connectivity index (χ0n) is 15.8. The number of aliphatic imine (C=N–C) groups is 1. The molecule has 2 aliphatic rings. The molecule has 0 radical (unpaired) electrons. The summed E-state index contributed by atoms with van der Waals surface area (Å²) in [6.07, 6.45) is 5.37. The molecule has 1 saturated carbocycles. The number of likely N-dealkylation sites (tertiary alicyclic amines) is 1. The summed E-state index contributed by atoms with van der Waals surface area (Å²) in [4.78, 5) is 19.2. The fourth-order valence-corrected chi connectivity index (χ4v) is 4.41. The Bertz CT molecular complexity index is 670. The fourth-order valence-electron chi connectivity index (χ4n) is 3.90. The highest BCUT2D eigenvalue weighted by atomic mass is 79.9. The quantitative estimate of drug-likeness (QED) is 0.546. The molecule has 148 valence electrons. The molecule has 0 aromatic heterocycles. The van der Waals surface area contributed by atoms with E-state index in [2.05, 4.69) is 31.6 Å². The Hall–Kier alpha value is -1.63. The van der Waals surface area contributed by atoms with Crippen molar-refractivity contribution < 1.29 is 9.18 Å². The third-order valence-corrected chi connectivity index (χ3v) is 5.69. The topological polar surface area (TPSA) is 56.7 Å². The van der Waals surface area contributed by atoms with Crippen molar-refractivity contribution >= 4 is 27.8 Å². The first-order valence-electron chi connectivity index (χ1n) is 9.83. The molecule has 1 saturated heterocycles. The number of nitrogens with zero attached hydrogens (tertiary/aromatic N) is 2. The number of rotatable bonds is 5. The molecule has 1 amide bonds. The second kappa shape index (κ2) is 9.53. The van der Waals surface area contributed by atoms with Crippen molar-refractivity contribution in [2.24, 2.45) is 10.9 Å². The average Bonchev–Trinajstić information content (AvgIpc) is 3.30. The number of guanidine groups is 1. The first kappa shape index (κ1) is 20.1. The normalized spacial score (nSPS) is 20.9. The Morgan fingerprint density at radius 2 is 2.07 bits per heavy atom. The Balaban J connectivity index is 1.56. The minimum atomic E-state index is -0.274. The van der Waals surface area contributed by atoms with Crippen molar-refractivity contribution in [1.82, 2.24) is 15.5 Å². The highest BCUT2D eigenvalue weighted by molar-refractivity contribution is 9.10. The van der Waals surface area contributed by atoms with Crippen LogP contribution in [0.4, 0.5) is 4.39 Å². The van der Waals surface area contributed by atoms with Gasteiger partial charge in [-0.05, 0) is 49.9 Å². The Morgan fingerprint density at radius 1 is 1.30 bits per heavy atom. The summed E-state index contributed by atoms with van der Waals surface area (Å²) in [6, 6.07) is 5.00. The Morgan fingerprint density at radius 3 is 2.78 bits per heavy atom. The van der Waals surface area contributed by atoms with E-state index in [1.165, 1.54) is 25.0 Å². The van der Waals surface area contributed by atoms with Crippen molar-refractivity contribution in [3.63, 3.8) is 0 Å². The largest absolute Gasteiger partial charge is 0.357 e. The minimum Gasteiger partial charge on any atom is -0.357 e. The zero-order chi connectivity index (χ0) is 19.2. The van der Waals surface area contributed by atoms with Gasteiger partial charge in [0, 0.05) is 36.1 Å². The number of halogens is 2. The lowest BCUT2D eigenvalue weighted by Crippen LogP contribution is -2.45. The van der Waals surface area contributed by atoms with Gasteiger partial charge in [0.15, 0.2) is 5.96 Å². The molecule has 1 aliphatic heterocycles. The van der Waals surface area contributed by atoms with Crippen LogP contribution in [0.1, 0.15) is 44.6 Å². The van der Waals surface area contributed by atoms with Crippen LogP contribution in [0.5, 0.6) is 0 Å². The van der Waals surface area contributed by atoms with Crippen LogP contribution in [0.15, 0.2) is 27.7 Å². The number of nitrogens with one attached hydrogen (secondary N) is 2. The third-order valence-electron chi connectivity index (χ3n) is 5.23. The Labute approximate surface area is 168 Å². The molecule has 1 aromatic carbocycles. The fraction of sp³-hybridized carbons (Fsp3) is 0.600. The summed E-state index contributed by atoms with van der Waals surface area (Å²) in [7, 11) is 0. The SMILES string of the molecule is CCNC(=NCc1cc(F)cc(Br)c1)NC1CCN(C(=O)C2CCCC2)C1. The molecule has 1 aliphatic carbocycles. The smallest absolute Gasteiger partial charge is 0.225 e. The van der Waals surface area contributed by atoms with E-state index in [1.807, 2.05) is 17.9 Å². The molecular formula is C20H28BrFN4O. The monoisotopic (exact) mass is 438 g/mol. The maximum Gasteiger partial charge on any atom is 0.225 e. The molecule has 3 rings (SSSR count). The predicted octanol–water partition coefficient (Wildman–Crippen LogP) is 3.43. The van der Waals surface area contributed by atoms with E-state index in [0.717, 1.165) is 44.5 Å². The highest BCUT2D eigenvalue weighted by Gasteiger charge is 2.32. The average molecular weight is 439 g/mol.